The third kappa shape index (κ3) is 5.11. The molecule has 3 nitrogen and oxygen atoms in total. The van der Waals surface area contributed by atoms with Crippen LogP contribution in [-0.4, -0.2) is 13.7 Å². The minimum atomic E-state index is 0.621. The molecule has 0 unspecified atom stereocenters. The van der Waals surface area contributed by atoms with E-state index < -0.39 is 0 Å². The van der Waals surface area contributed by atoms with Gasteiger partial charge in [0.15, 0.2) is 11.5 Å². The van der Waals surface area contributed by atoms with Crippen LogP contribution in [0.4, 0.5) is 0 Å². The predicted octanol–water partition coefficient (Wildman–Crippen LogP) is 4.61. The molecule has 0 fully saturated rings. The zero-order valence-electron chi connectivity index (χ0n) is 15.2. The Bertz CT molecular complexity index is 788. The quantitative estimate of drug-likeness (QED) is 0.613. The van der Waals surface area contributed by atoms with E-state index in [4.69, 9.17) is 9.47 Å². The number of methoxy groups -OCH3 is 1. The highest BCUT2D eigenvalue weighted by atomic mass is 16.5. The van der Waals surface area contributed by atoms with Gasteiger partial charge in [-0.05, 0) is 17.2 Å². The monoisotopic (exact) mass is 347 g/mol. The summed E-state index contributed by atoms with van der Waals surface area (Å²) in [6.45, 7) is 2.17. The summed E-state index contributed by atoms with van der Waals surface area (Å²) in [5, 5.41) is 3.48. The summed E-state index contributed by atoms with van der Waals surface area (Å²) in [6.07, 6.45) is 0.871. The summed E-state index contributed by atoms with van der Waals surface area (Å²) in [7, 11) is 1.68. The van der Waals surface area contributed by atoms with Gasteiger partial charge in [-0.3, -0.25) is 0 Å². The first-order valence-corrected chi connectivity index (χ1v) is 8.94. The summed E-state index contributed by atoms with van der Waals surface area (Å²) in [6, 6.07) is 26.8. The van der Waals surface area contributed by atoms with Crippen LogP contribution < -0.4 is 14.8 Å². The lowest BCUT2D eigenvalue weighted by Gasteiger charge is -2.16. The van der Waals surface area contributed by atoms with Crippen molar-refractivity contribution in [3.63, 3.8) is 0 Å². The Morgan fingerprint density at radius 2 is 1.42 bits per heavy atom. The van der Waals surface area contributed by atoms with Crippen LogP contribution in [0.25, 0.3) is 0 Å². The van der Waals surface area contributed by atoms with Gasteiger partial charge in [-0.15, -0.1) is 0 Å². The van der Waals surface area contributed by atoms with E-state index in [2.05, 4.69) is 59.9 Å². The Labute approximate surface area is 155 Å². The zero-order chi connectivity index (χ0) is 18.0. The Kier molecular flexibility index (Phi) is 6.68. The highest BCUT2D eigenvalue weighted by Crippen LogP contribution is 2.31. The molecule has 0 aliphatic heterocycles. The summed E-state index contributed by atoms with van der Waals surface area (Å²) >= 11 is 0. The molecule has 0 radical (unpaired) electrons. The van der Waals surface area contributed by atoms with Crippen molar-refractivity contribution < 1.29 is 9.47 Å². The van der Waals surface area contributed by atoms with Crippen molar-refractivity contribution in [2.45, 2.75) is 19.5 Å². The highest BCUT2D eigenvalue weighted by molar-refractivity contribution is 5.46. The molecule has 3 heteroatoms. The number of hydrogen-bond donors (Lipinski definition) is 1. The van der Waals surface area contributed by atoms with E-state index >= 15 is 0 Å². The maximum absolute atomic E-state index is 6.10. The van der Waals surface area contributed by atoms with Crippen molar-refractivity contribution in [3.8, 4) is 11.5 Å². The lowest BCUT2D eigenvalue weighted by Crippen LogP contribution is -2.14. The molecule has 3 aromatic rings. The molecule has 3 rings (SSSR count). The number of para-hydroxylation sites is 1. The Morgan fingerprint density at radius 3 is 2.12 bits per heavy atom. The zero-order valence-corrected chi connectivity index (χ0v) is 15.2. The molecule has 3 aromatic carbocycles. The van der Waals surface area contributed by atoms with Crippen molar-refractivity contribution >= 4 is 0 Å². The first-order valence-electron chi connectivity index (χ1n) is 8.94. The maximum Gasteiger partial charge on any atom is 0.165 e. The molecule has 0 bridgehead atoms. The highest BCUT2D eigenvalue weighted by Gasteiger charge is 2.10. The molecule has 1 N–H and O–H groups in total. The summed E-state index contributed by atoms with van der Waals surface area (Å²) < 4.78 is 11.6. The van der Waals surface area contributed by atoms with Gasteiger partial charge in [0.2, 0.25) is 0 Å². The van der Waals surface area contributed by atoms with Crippen molar-refractivity contribution in [1.29, 1.82) is 0 Å². The van der Waals surface area contributed by atoms with Gasteiger partial charge in [-0.2, -0.15) is 0 Å². The predicted molar refractivity (Wildman–Crippen MR) is 106 cm³/mol. The van der Waals surface area contributed by atoms with Crippen LogP contribution in [-0.2, 0) is 19.5 Å². The molecule has 134 valence electrons. The lowest BCUT2D eigenvalue weighted by atomic mass is 10.1. The Hall–Kier alpha value is -2.78. The summed E-state index contributed by atoms with van der Waals surface area (Å²) in [5.41, 5.74) is 3.64. The molecule has 0 aliphatic carbocycles. The molecule has 0 amide bonds. The van der Waals surface area contributed by atoms with Crippen LogP contribution >= 0.6 is 0 Å². The SMILES string of the molecule is COc1cccc(CNCc2ccccc2)c1OCCc1ccccc1. The fourth-order valence-electron chi connectivity index (χ4n) is 2.88. The average molecular weight is 347 g/mol. The number of hydrogen-bond acceptors (Lipinski definition) is 3. The second-order valence-electron chi connectivity index (χ2n) is 6.12. The van der Waals surface area contributed by atoms with Gasteiger partial charge in [0, 0.05) is 25.1 Å². The fraction of sp³-hybridized carbons (Fsp3) is 0.217. The van der Waals surface area contributed by atoms with Gasteiger partial charge in [0.1, 0.15) is 0 Å². The van der Waals surface area contributed by atoms with Gasteiger partial charge in [0.05, 0.1) is 13.7 Å². The van der Waals surface area contributed by atoms with Gasteiger partial charge < -0.3 is 14.8 Å². The topological polar surface area (TPSA) is 30.5 Å². The fourth-order valence-corrected chi connectivity index (χ4v) is 2.88. The van der Waals surface area contributed by atoms with Crippen LogP contribution in [0.15, 0.2) is 78.9 Å². The van der Waals surface area contributed by atoms with Gasteiger partial charge in [-0.1, -0.05) is 72.8 Å². The molecular formula is C23H25NO2. The standard InChI is InChI=1S/C23H25NO2/c1-25-22-14-8-13-21(18-24-17-20-11-6-3-7-12-20)23(22)26-16-15-19-9-4-2-5-10-19/h2-14,24H,15-18H2,1H3. The molecule has 0 saturated heterocycles. The molecular weight excluding hydrogens is 322 g/mol. The Morgan fingerprint density at radius 1 is 0.731 bits per heavy atom. The second kappa shape index (κ2) is 9.64. The van der Waals surface area contributed by atoms with Crippen molar-refractivity contribution in [3.05, 3.63) is 95.6 Å². The van der Waals surface area contributed by atoms with E-state index in [1.165, 1.54) is 11.1 Å². The van der Waals surface area contributed by atoms with Gasteiger partial charge >= 0.3 is 0 Å². The molecule has 0 atom stereocenters. The first kappa shape index (κ1) is 18.0. The molecule has 0 heterocycles. The van der Waals surface area contributed by atoms with Crippen molar-refractivity contribution in [2.24, 2.45) is 0 Å². The summed E-state index contributed by atoms with van der Waals surface area (Å²) in [4.78, 5) is 0. The van der Waals surface area contributed by atoms with E-state index in [9.17, 15) is 0 Å². The van der Waals surface area contributed by atoms with Crippen LogP contribution in [0.5, 0.6) is 11.5 Å². The third-order valence-electron chi connectivity index (χ3n) is 4.25. The van der Waals surface area contributed by atoms with E-state index in [0.717, 1.165) is 36.6 Å². The molecule has 0 saturated carbocycles. The second-order valence-corrected chi connectivity index (χ2v) is 6.12. The normalized spacial score (nSPS) is 10.5. The van der Waals surface area contributed by atoms with E-state index in [-0.39, 0.29) is 0 Å². The first-order chi connectivity index (χ1) is 12.9. The minimum absolute atomic E-state index is 0.621. The molecule has 0 spiro atoms. The van der Waals surface area contributed by atoms with E-state index in [0.29, 0.717) is 6.61 Å². The van der Waals surface area contributed by atoms with Crippen molar-refractivity contribution in [2.75, 3.05) is 13.7 Å². The third-order valence-corrected chi connectivity index (χ3v) is 4.25. The lowest BCUT2D eigenvalue weighted by molar-refractivity contribution is 0.293. The van der Waals surface area contributed by atoms with E-state index in [1.54, 1.807) is 7.11 Å². The average Bonchev–Trinajstić information content (AvgIpc) is 2.70. The van der Waals surface area contributed by atoms with Gasteiger partial charge in [-0.25, -0.2) is 0 Å². The largest absolute Gasteiger partial charge is 0.493 e. The number of rotatable bonds is 9. The van der Waals surface area contributed by atoms with Crippen LogP contribution in [0.1, 0.15) is 16.7 Å². The van der Waals surface area contributed by atoms with Crippen molar-refractivity contribution in [1.82, 2.24) is 5.32 Å². The number of benzene rings is 3. The Balaban J connectivity index is 1.61. The van der Waals surface area contributed by atoms with Gasteiger partial charge in [0.25, 0.3) is 0 Å². The smallest absolute Gasteiger partial charge is 0.165 e. The molecule has 26 heavy (non-hydrogen) atoms. The van der Waals surface area contributed by atoms with E-state index in [1.807, 2.05) is 24.3 Å². The molecule has 0 aliphatic rings. The van der Waals surface area contributed by atoms with Crippen LogP contribution in [0.2, 0.25) is 0 Å². The summed E-state index contributed by atoms with van der Waals surface area (Å²) in [5.74, 6) is 1.60. The van der Waals surface area contributed by atoms with Crippen LogP contribution in [0.3, 0.4) is 0 Å². The number of nitrogens with one attached hydrogen (secondary N) is 1. The van der Waals surface area contributed by atoms with Crippen LogP contribution in [0, 0.1) is 0 Å². The maximum atomic E-state index is 6.10. The molecule has 0 aromatic heterocycles. The number of ether oxygens (including phenoxy) is 2. The minimum Gasteiger partial charge on any atom is -0.493 e.